The molecule has 0 radical (unpaired) electrons. The highest BCUT2D eigenvalue weighted by atomic mass is 16.3. The molecule has 0 aromatic heterocycles. The van der Waals surface area contributed by atoms with Crippen LogP contribution in [0.25, 0.3) is 0 Å². The van der Waals surface area contributed by atoms with Crippen molar-refractivity contribution in [2.45, 2.75) is 70.8 Å². The van der Waals surface area contributed by atoms with Gasteiger partial charge < -0.3 is 10.4 Å². The third kappa shape index (κ3) is 2.45. The van der Waals surface area contributed by atoms with Gasteiger partial charge in [0.25, 0.3) is 0 Å². The molecule has 1 aliphatic heterocycles. The first-order valence-corrected chi connectivity index (χ1v) is 8.62. The van der Waals surface area contributed by atoms with Crippen molar-refractivity contribution in [1.82, 2.24) is 0 Å². The third-order valence-electron chi connectivity index (χ3n) is 5.54. The summed E-state index contributed by atoms with van der Waals surface area (Å²) in [6, 6.07) is 4.16. The highest BCUT2D eigenvalue weighted by molar-refractivity contribution is 6.06. The zero-order valence-electron chi connectivity index (χ0n) is 13.9. The fraction of sp³-hybridized carbons (Fsp3) is 0.632. The molecule has 1 fully saturated rings. The second-order valence-electron chi connectivity index (χ2n) is 7.38. The maximum absolute atomic E-state index is 12.2. The van der Waals surface area contributed by atoms with Crippen LogP contribution in [0.4, 0.5) is 5.69 Å². The van der Waals surface area contributed by atoms with E-state index in [0.717, 1.165) is 41.6 Å². The predicted octanol–water partition coefficient (Wildman–Crippen LogP) is 4.09. The fourth-order valence-corrected chi connectivity index (χ4v) is 3.93. The summed E-state index contributed by atoms with van der Waals surface area (Å²) in [4.78, 5) is 12.2. The number of aliphatic hydroxyl groups is 1. The number of hydrogen-bond donors (Lipinski definition) is 2. The summed E-state index contributed by atoms with van der Waals surface area (Å²) in [5.41, 5.74) is 3.63. The minimum absolute atomic E-state index is 0.0570. The van der Waals surface area contributed by atoms with E-state index in [1.165, 1.54) is 19.3 Å². The number of aryl methyl sites for hydroxylation is 1. The van der Waals surface area contributed by atoms with Gasteiger partial charge in [0, 0.05) is 5.69 Å². The Morgan fingerprint density at radius 2 is 1.95 bits per heavy atom. The number of carbonyl (C=O) groups excluding carboxylic acids is 1. The van der Waals surface area contributed by atoms with Crippen LogP contribution in [-0.4, -0.2) is 11.0 Å². The molecule has 1 saturated carbocycles. The molecule has 1 amide bonds. The molecule has 3 rings (SSSR count). The molecule has 1 unspecified atom stereocenters. The summed E-state index contributed by atoms with van der Waals surface area (Å²) in [7, 11) is 0. The average Bonchev–Trinajstić information content (AvgIpc) is 2.77. The van der Waals surface area contributed by atoms with Crippen LogP contribution in [0, 0.1) is 5.92 Å². The van der Waals surface area contributed by atoms with Gasteiger partial charge in [-0.1, -0.05) is 38.3 Å². The van der Waals surface area contributed by atoms with Gasteiger partial charge in [-0.3, -0.25) is 4.79 Å². The third-order valence-corrected chi connectivity index (χ3v) is 5.54. The molecule has 1 aromatic carbocycles. The molecule has 0 bridgehead atoms. The molecule has 1 atom stereocenters. The quantitative estimate of drug-likeness (QED) is 0.883. The first-order chi connectivity index (χ1) is 10.4. The SMILES string of the molecule is CCc1cc(C(O)C2CCCCC2)cc2c1NC(=O)C2(C)C. The van der Waals surface area contributed by atoms with Crippen LogP contribution in [-0.2, 0) is 16.6 Å². The number of rotatable bonds is 3. The van der Waals surface area contributed by atoms with E-state index >= 15 is 0 Å². The zero-order chi connectivity index (χ0) is 15.9. The number of hydrogen-bond acceptors (Lipinski definition) is 2. The molecule has 1 heterocycles. The lowest BCUT2D eigenvalue weighted by Gasteiger charge is -2.28. The summed E-state index contributed by atoms with van der Waals surface area (Å²) in [5, 5.41) is 13.9. The first-order valence-electron chi connectivity index (χ1n) is 8.62. The number of nitrogens with one attached hydrogen (secondary N) is 1. The Bertz CT molecular complexity index is 585. The van der Waals surface area contributed by atoms with E-state index in [4.69, 9.17) is 0 Å². The molecule has 3 heteroatoms. The van der Waals surface area contributed by atoms with Crippen LogP contribution in [0.1, 0.15) is 75.7 Å². The molecule has 0 spiro atoms. The fourth-order valence-electron chi connectivity index (χ4n) is 3.93. The number of carbonyl (C=O) groups is 1. The molecular weight excluding hydrogens is 274 g/mol. The molecule has 120 valence electrons. The van der Waals surface area contributed by atoms with Crippen LogP contribution < -0.4 is 5.32 Å². The van der Waals surface area contributed by atoms with E-state index in [9.17, 15) is 9.90 Å². The predicted molar refractivity (Wildman–Crippen MR) is 89.0 cm³/mol. The maximum atomic E-state index is 12.2. The van der Waals surface area contributed by atoms with Crippen LogP contribution in [0.15, 0.2) is 12.1 Å². The monoisotopic (exact) mass is 301 g/mol. The van der Waals surface area contributed by atoms with Crippen molar-refractivity contribution in [1.29, 1.82) is 0 Å². The van der Waals surface area contributed by atoms with Gasteiger partial charge in [-0.05, 0) is 55.7 Å². The van der Waals surface area contributed by atoms with Crippen molar-refractivity contribution in [3.63, 3.8) is 0 Å². The molecular formula is C19H27NO2. The minimum atomic E-state index is -0.512. The van der Waals surface area contributed by atoms with Crippen LogP contribution in [0.3, 0.4) is 0 Å². The number of amides is 1. The lowest BCUT2D eigenvalue weighted by atomic mass is 9.79. The van der Waals surface area contributed by atoms with Gasteiger partial charge >= 0.3 is 0 Å². The Morgan fingerprint density at radius 1 is 1.27 bits per heavy atom. The molecule has 1 aromatic rings. The van der Waals surface area contributed by atoms with E-state index in [1.54, 1.807) is 0 Å². The highest BCUT2D eigenvalue weighted by Crippen LogP contribution is 2.43. The van der Waals surface area contributed by atoms with Crippen molar-refractivity contribution in [3.05, 3.63) is 28.8 Å². The van der Waals surface area contributed by atoms with Gasteiger partial charge in [0.2, 0.25) is 5.91 Å². The Balaban J connectivity index is 2.00. The summed E-state index contributed by atoms with van der Waals surface area (Å²) in [6.07, 6.45) is 6.42. The summed E-state index contributed by atoms with van der Waals surface area (Å²) < 4.78 is 0. The normalized spacial score (nSPS) is 22.3. The van der Waals surface area contributed by atoms with Gasteiger partial charge in [-0.15, -0.1) is 0 Å². The zero-order valence-corrected chi connectivity index (χ0v) is 13.9. The van der Waals surface area contributed by atoms with Gasteiger partial charge in [0.05, 0.1) is 11.5 Å². The van der Waals surface area contributed by atoms with E-state index < -0.39 is 11.5 Å². The van der Waals surface area contributed by atoms with Gasteiger partial charge in [0.1, 0.15) is 0 Å². The lowest BCUT2D eigenvalue weighted by molar-refractivity contribution is -0.119. The standard InChI is InChI=1S/C19H27NO2/c1-4-12-10-14(17(21)13-8-6-5-7-9-13)11-15-16(12)20-18(22)19(15,2)3/h10-11,13,17,21H,4-9H2,1-3H3,(H,20,22). The number of fused-ring (bicyclic) bond motifs is 1. The van der Waals surface area contributed by atoms with Gasteiger partial charge in [0.15, 0.2) is 0 Å². The van der Waals surface area contributed by atoms with E-state index in [2.05, 4.69) is 24.4 Å². The van der Waals surface area contributed by atoms with Gasteiger partial charge in [-0.2, -0.15) is 0 Å². The Hall–Kier alpha value is -1.35. The molecule has 0 saturated heterocycles. The number of anilines is 1. The van der Waals surface area contributed by atoms with Crippen LogP contribution in [0.5, 0.6) is 0 Å². The van der Waals surface area contributed by atoms with E-state index in [1.807, 2.05) is 13.8 Å². The Labute approximate surface area is 133 Å². The van der Waals surface area contributed by atoms with Crippen molar-refractivity contribution >= 4 is 11.6 Å². The summed E-state index contributed by atoms with van der Waals surface area (Å²) >= 11 is 0. The molecule has 22 heavy (non-hydrogen) atoms. The summed E-state index contributed by atoms with van der Waals surface area (Å²) in [5.74, 6) is 0.422. The number of benzene rings is 1. The Morgan fingerprint density at radius 3 is 2.59 bits per heavy atom. The van der Waals surface area contributed by atoms with E-state index in [0.29, 0.717) is 5.92 Å². The second-order valence-corrected chi connectivity index (χ2v) is 7.38. The topological polar surface area (TPSA) is 49.3 Å². The van der Waals surface area contributed by atoms with Gasteiger partial charge in [-0.25, -0.2) is 0 Å². The highest BCUT2D eigenvalue weighted by Gasteiger charge is 2.40. The van der Waals surface area contributed by atoms with Crippen molar-refractivity contribution in [2.24, 2.45) is 5.92 Å². The maximum Gasteiger partial charge on any atom is 0.234 e. The van der Waals surface area contributed by atoms with Crippen LogP contribution >= 0.6 is 0 Å². The minimum Gasteiger partial charge on any atom is -0.388 e. The van der Waals surface area contributed by atoms with Crippen molar-refractivity contribution < 1.29 is 9.90 Å². The average molecular weight is 301 g/mol. The van der Waals surface area contributed by atoms with Crippen LogP contribution in [0.2, 0.25) is 0 Å². The van der Waals surface area contributed by atoms with Crippen molar-refractivity contribution in [3.8, 4) is 0 Å². The lowest BCUT2D eigenvalue weighted by Crippen LogP contribution is -2.27. The molecule has 2 aliphatic rings. The first kappa shape index (κ1) is 15.5. The largest absolute Gasteiger partial charge is 0.388 e. The van der Waals surface area contributed by atoms with Crippen molar-refractivity contribution in [2.75, 3.05) is 5.32 Å². The number of aliphatic hydroxyl groups excluding tert-OH is 1. The summed E-state index contributed by atoms with van der Waals surface area (Å²) in [6.45, 7) is 6.03. The molecule has 3 nitrogen and oxygen atoms in total. The van der Waals surface area contributed by atoms with E-state index in [-0.39, 0.29) is 5.91 Å². The molecule has 2 N–H and O–H groups in total. The second kappa shape index (κ2) is 5.69. The smallest absolute Gasteiger partial charge is 0.234 e. The Kier molecular flexibility index (Phi) is 4.02. The molecule has 1 aliphatic carbocycles.